The van der Waals surface area contributed by atoms with Crippen molar-refractivity contribution in [3.63, 3.8) is 0 Å². The summed E-state index contributed by atoms with van der Waals surface area (Å²) in [6.45, 7) is 0.169. The SMILES string of the molecule is NCc1ccc(C(O)(C(F)F)C(F)F)cc1. The summed E-state index contributed by atoms with van der Waals surface area (Å²) < 4.78 is 49.8. The van der Waals surface area contributed by atoms with Gasteiger partial charge in [-0.15, -0.1) is 0 Å². The molecular weight excluding hydrogens is 226 g/mol. The molecule has 0 aliphatic heterocycles. The van der Waals surface area contributed by atoms with Crippen molar-refractivity contribution in [3.8, 4) is 0 Å². The highest BCUT2D eigenvalue weighted by Crippen LogP contribution is 2.34. The molecule has 0 saturated carbocycles. The van der Waals surface area contributed by atoms with Crippen LogP contribution in [0.5, 0.6) is 0 Å². The molecule has 0 heterocycles. The van der Waals surface area contributed by atoms with E-state index in [1.165, 1.54) is 12.1 Å². The maximum Gasteiger partial charge on any atom is 0.276 e. The molecule has 0 radical (unpaired) electrons. The van der Waals surface area contributed by atoms with Crippen molar-refractivity contribution >= 4 is 0 Å². The largest absolute Gasteiger partial charge is 0.374 e. The van der Waals surface area contributed by atoms with E-state index in [1.807, 2.05) is 0 Å². The van der Waals surface area contributed by atoms with Crippen LogP contribution in [-0.4, -0.2) is 18.0 Å². The lowest BCUT2D eigenvalue weighted by Crippen LogP contribution is -2.41. The number of aliphatic hydroxyl groups is 1. The van der Waals surface area contributed by atoms with Gasteiger partial charge in [-0.2, -0.15) is 0 Å². The minimum absolute atomic E-state index is 0.169. The zero-order valence-electron chi connectivity index (χ0n) is 8.21. The number of hydrogen-bond acceptors (Lipinski definition) is 2. The maximum atomic E-state index is 12.4. The minimum Gasteiger partial charge on any atom is -0.374 e. The molecule has 16 heavy (non-hydrogen) atoms. The van der Waals surface area contributed by atoms with E-state index < -0.39 is 24.0 Å². The lowest BCUT2D eigenvalue weighted by Gasteiger charge is -2.26. The van der Waals surface area contributed by atoms with E-state index in [-0.39, 0.29) is 6.54 Å². The maximum absolute atomic E-state index is 12.4. The lowest BCUT2D eigenvalue weighted by molar-refractivity contribution is -0.183. The van der Waals surface area contributed by atoms with Gasteiger partial charge in [0.2, 0.25) is 5.60 Å². The minimum atomic E-state index is -3.56. The third-order valence-electron chi connectivity index (χ3n) is 2.32. The van der Waals surface area contributed by atoms with Crippen LogP contribution in [0.15, 0.2) is 24.3 Å². The molecule has 0 fully saturated rings. The predicted octanol–water partition coefficient (Wildman–Crippen LogP) is 1.86. The van der Waals surface area contributed by atoms with Gasteiger partial charge in [-0.3, -0.25) is 0 Å². The molecule has 1 rings (SSSR count). The lowest BCUT2D eigenvalue weighted by atomic mass is 9.94. The van der Waals surface area contributed by atoms with Crippen molar-refractivity contribution in [2.24, 2.45) is 5.73 Å². The fourth-order valence-electron chi connectivity index (χ4n) is 1.26. The molecule has 0 saturated heterocycles. The Morgan fingerprint density at radius 3 is 1.81 bits per heavy atom. The average molecular weight is 237 g/mol. The Hall–Kier alpha value is -1.14. The van der Waals surface area contributed by atoms with Crippen LogP contribution in [0.3, 0.4) is 0 Å². The fourth-order valence-corrected chi connectivity index (χ4v) is 1.26. The fraction of sp³-hybridized carbons (Fsp3) is 0.400. The summed E-state index contributed by atoms with van der Waals surface area (Å²) in [7, 11) is 0. The molecular formula is C10H11F4NO. The van der Waals surface area contributed by atoms with Crippen LogP contribution in [0.1, 0.15) is 11.1 Å². The number of nitrogens with two attached hydrogens (primary N) is 1. The molecule has 0 amide bonds. The Bertz CT molecular complexity index is 331. The van der Waals surface area contributed by atoms with Gasteiger partial charge in [-0.05, 0) is 11.1 Å². The number of hydrogen-bond donors (Lipinski definition) is 2. The number of rotatable bonds is 4. The third-order valence-corrected chi connectivity index (χ3v) is 2.32. The molecule has 0 aromatic heterocycles. The second-order valence-electron chi connectivity index (χ2n) is 3.33. The first-order chi connectivity index (χ1) is 7.42. The van der Waals surface area contributed by atoms with E-state index in [9.17, 15) is 22.7 Å². The molecule has 0 atom stereocenters. The van der Waals surface area contributed by atoms with Crippen LogP contribution >= 0.6 is 0 Å². The summed E-state index contributed by atoms with van der Waals surface area (Å²) in [5.74, 6) is 0. The van der Waals surface area contributed by atoms with Crippen LogP contribution in [0.25, 0.3) is 0 Å². The van der Waals surface area contributed by atoms with Crippen LogP contribution in [0.2, 0.25) is 0 Å². The second-order valence-corrected chi connectivity index (χ2v) is 3.33. The molecule has 0 aliphatic carbocycles. The van der Waals surface area contributed by atoms with Crippen molar-refractivity contribution in [1.29, 1.82) is 0 Å². The van der Waals surface area contributed by atoms with E-state index in [4.69, 9.17) is 5.73 Å². The summed E-state index contributed by atoms with van der Waals surface area (Å²) in [6.07, 6.45) is -7.12. The topological polar surface area (TPSA) is 46.2 Å². The summed E-state index contributed by atoms with van der Waals surface area (Å²) in [6, 6.07) is 4.71. The van der Waals surface area contributed by atoms with Crippen molar-refractivity contribution in [2.45, 2.75) is 25.0 Å². The summed E-state index contributed by atoms with van der Waals surface area (Å²) in [5, 5.41) is 9.27. The van der Waals surface area contributed by atoms with E-state index in [0.717, 1.165) is 12.1 Å². The summed E-state index contributed by atoms with van der Waals surface area (Å²) in [4.78, 5) is 0. The van der Waals surface area contributed by atoms with Crippen LogP contribution in [0, 0.1) is 0 Å². The van der Waals surface area contributed by atoms with Gasteiger partial charge in [0.05, 0.1) is 0 Å². The Morgan fingerprint density at radius 1 is 1.06 bits per heavy atom. The second kappa shape index (κ2) is 4.80. The van der Waals surface area contributed by atoms with Crippen LogP contribution in [0.4, 0.5) is 17.6 Å². The first-order valence-electron chi connectivity index (χ1n) is 4.51. The predicted molar refractivity (Wildman–Crippen MR) is 50.2 cm³/mol. The summed E-state index contributed by atoms with van der Waals surface area (Å²) >= 11 is 0. The van der Waals surface area contributed by atoms with Crippen molar-refractivity contribution < 1.29 is 22.7 Å². The van der Waals surface area contributed by atoms with Crippen molar-refractivity contribution in [3.05, 3.63) is 35.4 Å². The van der Waals surface area contributed by atoms with Gasteiger partial charge in [0.25, 0.3) is 12.9 Å². The first-order valence-corrected chi connectivity index (χ1v) is 4.51. The zero-order chi connectivity index (χ0) is 12.3. The summed E-state index contributed by atoms with van der Waals surface area (Å²) in [5.41, 5.74) is 1.93. The first kappa shape index (κ1) is 12.9. The number of halogens is 4. The molecule has 3 N–H and O–H groups in total. The zero-order valence-corrected chi connectivity index (χ0v) is 8.21. The number of alkyl halides is 4. The molecule has 0 spiro atoms. The molecule has 0 aliphatic rings. The number of benzene rings is 1. The van der Waals surface area contributed by atoms with Gasteiger partial charge >= 0.3 is 0 Å². The highest BCUT2D eigenvalue weighted by molar-refractivity contribution is 5.28. The molecule has 6 heteroatoms. The highest BCUT2D eigenvalue weighted by Gasteiger charge is 2.48. The van der Waals surface area contributed by atoms with Gasteiger partial charge < -0.3 is 10.8 Å². The van der Waals surface area contributed by atoms with Gasteiger partial charge in [-0.25, -0.2) is 17.6 Å². The Morgan fingerprint density at radius 2 is 1.50 bits per heavy atom. The monoisotopic (exact) mass is 237 g/mol. The molecule has 90 valence electrons. The van der Waals surface area contributed by atoms with Crippen molar-refractivity contribution in [2.75, 3.05) is 0 Å². The van der Waals surface area contributed by atoms with Gasteiger partial charge in [0, 0.05) is 6.54 Å². The van der Waals surface area contributed by atoms with E-state index >= 15 is 0 Å². The Kier molecular flexibility index (Phi) is 3.88. The average Bonchev–Trinajstić information content (AvgIpc) is 2.27. The normalized spacial score (nSPS) is 12.5. The van der Waals surface area contributed by atoms with Crippen LogP contribution in [-0.2, 0) is 12.1 Å². The van der Waals surface area contributed by atoms with Crippen molar-refractivity contribution in [1.82, 2.24) is 0 Å². The molecule has 2 nitrogen and oxygen atoms in total. The highest BCUT2D eigenvalue weighted by atomic mass is 19.3. The smallest absolute Gasteiger partial charge is 0.276 e. The Balaban J connectivity index is 3.12. The molecule has 0 unspecified atom stereocenters. The molecule has 1 aromatic carbocycles. The standard InChI is InChI=1S/C10H11F4NO/c11-8(12)10(16,9(13)14)7-3-1-6(5-15)2-4-7/h1-4,8-9,16H,5,15H2. The van der Waals surface area contributed by atoms with Gasteiger partial charge in [-0.1, -0.05) is 24.3 Å². The Labute approximate surface area is 89.7 Å². The quantitative estimate of drug-likeness (QED) is 0.785. The van der Waals surface area contributed by atoms with E-state index in [0.29, 0.717) is 5.56 Å². The molecule has 1 aromatic rings. The van der Waals surface area contributed by atoms with E-state index in [2.05, 4.69) is 0 Å². The van der Waals surface area contributed by atoms with Gasteiger partial charge in [0.1, 0.15) is 0 Å². The van der Waals surface area contributed by atoms with Crippen LogP contribution < -0.4 is 5.73 Å². The molecule has 0 bridgehead atoms. The van der Waals surface area contributed by atoms with E-state index in [1.54, 1.807) is 0 Å². The van der Waals surface area contributed by atoms with Gasteiger partial charge in [0.15, 0.2) is 0 Å². The third kappa shape index (κ3) is 2.17.